The number of hydrogen-bond donors (Lipinski definition) is 2. The first-order valence-electron chi connectivity index (χ1n) is 9.14. The number of nitrogens with one attached hydrogen (secondary N) is 2. The van der Waals surface area contributed by atoms with E-state index in [4.69, 9.17) is 0 Å². The Hall–Kier alpha value is -2.15. The Morgan fingerprint density at radius 2 is 1.85 bits per heavy atom. The third kappa shape index (κ3) is 5.69. The summed E-state index contributed by atoms with van der Waals surface area (Å²) in [6, 6.07) is 3.41. The van der Waals surface area contributed by atoms with E-state index in [2.05, 4.69) is 32.5 Å². The van der Waals surface area contributed by atoms with Crippen LogP contribution >= 0.6 is 0 Å². The second-order valence-corrected chi connectivity index (χ2v) is 7.98. The Kier molecular flexibility index (Phi) is 6.58. The molecule has 1 aromatic heterocycles. The number of likely N-dealkylation sites (N-methyl/N-ethyl adjacent to an activating group) is 1. The van der Waals surface area contributed by atoms with Gasteiger partial charge in [0.2, 0.25) is 11.8 Å². The molecule has 2 amide bonds. The highest BCUT2D eigenvalue weighted by Crippen LogP contribution is 2.14. The number of amides is 2. The molecule has 7 nitrogen and oxygen atoms in total. The third-order valence-electron chi connectivity index (χ3n) is 4.53. The molecule has 0 saturated carbocycles. The molecule has 1 aromatic rings. The quantitative estimate of drug-likeness (QED) is 0.818. The second kappa shape index (κ2) is 8.49. The molecule has 0 aliphatic carbocycles. The number of nitrogens with zero attached hydrogens (tertiary/aromatic N) is 3. The Labute approximate surface area is 156 Å². The lowest BCUT2D eigenvalue weighted by Crippen LogP contribution is -2.48. The number of aromatic nitrogens is 1. The molecule has 0 spiro atoms. The maximum atomic E-state index is 12.2. The monoisotopic (exact) mass is 361 g/mol. The Morgan fingerprint density at radius 3 is 2.38 bits per heavy atom. The van der Waals surface area contributed by atoms with Crippen LogP contribution in [-0.4, -0.2) is 61.0 Å². The van der Waals surface area contributed by atoms with E-state index in [1.54, 1.807) is 13.1 Å². The molecule has 2 heterocycles. The summed E-state index contributed by atoms with van der Waals surface area (Å²) in [5, 5.41) is 5.58. The van der Waals surface area contributed by atoms with Gasteiger partial charge in [0.05, 0.1) is 0 Å². The number of pyridine rings is 1. The van der Waals surface area contributed by atoms with Crippen LogP contribution in [-0.2, 0) is 16.1 Å². The van der Waals surface area contributed by atoms with Crippen LogP contribution in [0.1, 0.15) is 33.3 Å². The van der Waals surface area contributed by atoms with Gasteiger partial charge in [-0.2, -0.15) is 0 Å². The fourth-order valence-electron chi connectivity index (χ4n) is 2.56. The number of anilines is 1. The van der Waals surface area contributed by atoms with Gasteiger partial charge in [-0.15, -0.1) is 0 Å². The van der Waals surface area contributed by atoms with Crippen molar-refractivity contribution in [2.75, 3.05) is 38.1 Å². The Bertz CT molecular complexity index is 616. The summed E-state index contributed by atoms with van der Waals surface area (Å²) in [7, 11) is 2.13. The summed E-state index contributed by atoms with van der Waals surface area (Å²) >= 11 is 0. The van der Waals surface area contributed by atoms with E-state index in [1.165, 1.54) is 0 Å². The molecular formula is C19H31N5O2. The molecule has 2 N–H and O–H groups in total. The molecule has 0 aromatic carbocycles. The van der Waals surface area contributed by atoms with Crippen LogP contribution in [0.2, 0.25) is 0 Å². The van der Waals surface area contributed by atoms with Gasteiger partial charge in [-0.25, -0.2) is 4.98 Å². The summed E-state index contributed by atoms with van der Waals surface area (Å²) in [5.41, 5.74) is 0.419. The van der Waals surface area contributed by atoms with Gasteiger partial charge in [0.15, 0.2) is 0 Å². The SMILES string of the molecule is CC(NC(=O)C(C)(C)C)C(=O)NCc1ccc(N2CCN(C)CC2)nc1. The predicted octanol–water partition coefficient (Wildman–Crippen LogP) is 1.00. The Morgan fingerprint density at radius 1 is 1.19 bits per heavy atom. The van der Waals surface area contributed by atoms with E-state index in [1.807, 2.05) is 32.9 Å². The molecule has 26 heavy (non-hydrogen) atoms. The first kappa shape index (κ1) is 20.2. The van der Waals surface area contributed by atoms with Crippen molar-refractivity contribution in [1.82, 2.24) is 20.5 Å². The number of carbonyl (C=O) groups is 2. The van der Waals surface area contributed by atoms with Gasteiger partial charge < -0.3 is 20.4 Å². The lowest BCUT2D eigenvalue weighted by molar-refractivity contribution is -0.133. The zero-order valence-electron chi connectivity index (χ0n) is 16.5. The standard InChI is InChI=1S/C19H31N5O2/c1-14(22-18(26)19(2,3)4)17(25)21-13-15-6-7-16(20-12-15)24-10-8-23(5)9-11-24/h6-7,12,14H,8-11,13H2,1-5H3,(H,21,25)(H,22,26). The Balaban J connectivity index is 1.82. The summed E-state index contributed by atoms with van der Waals surface area (Å²) in [6.45, 7) is 11.6. The number of rotatable bonds is 5. The zero-order chi connectivity index (χ0) is 19.3. The van der Waals surface area contributed by atoms with Crippen molar-refractivity contribution in [3.63, 3.8) is 0 Å². The highest BCUT2D eigenvalue weighted by molar-refractivity contribution is 5.89. The molecule has 0 radical (unpaired) electrons. The summed E-state index contributed by atoms with van der Waals surface area (Å²) in [6.07, 6.45) is 1.80. The first-order chi connectivity index (χ1) is 12.2. The van der Waals surface area contributed by atoms with Crippen LogP contribution in [0, 0.1) is 5.41 Å². The molecule has 1 aliphatic heterocycles. The highest BCUT2D eigenvalue weighted by atomic mass is 16.2. The second-order valence-electron chi connectivity index (χ2n) is 7.98. The third-order valence-corrected chi connectivity index (χ3v) is 4.53. The number of carbonyl (C=O) groups excluding carboxylic acids is 2. The lowest BCUT2D eigenvalue weighted by atomic mass is 9.95. The summed E-state index contributed by atoms with van der Waals surface area (Å²) in [4.78, 5) is 33.2. The van der Waals surface area contributed by atoms with Crippen molar-refractivity contribution in [3.8, 4) is 0 Å². The largest absolute Gasteiger partial charge is 0.354 e. The van der Waals surface area contributed by atoms with Crippen molar-refractivity contribution in [3.05, 3.63) is 23.9 Å². The molecule has 1 atom stereocenters. The van der Waals surface area contributed by atoms with Gasteiger partial charge in [0, 0.05) is 44.3 Å². The average Bonchev–Trinajstić information content (AvgIpc) is 2.60. The topological polar surface area (TPSA) is 77.6 Å². The van der Waals surface area contributed by atoms with E-state index >= 15 is 0 Å². The van der Waals surface area contributed by atoms with Crippen LogP contribution in [0.3, 0.4) is 0 Å². The first-order valence-corrected chi connectivity index (χ1v) is 9.14. The molecule has 1 saturated heterocycles. The minimum absolute atomic E-state index is 0.140. The molecule has 2 rings (SSSR count). The van der Waals surface area contributed by atoms with E-state index in [9.17, 15) is 9.59 Å². The molecule has 7 heteroatoms. The normalized spacial score (nSPS) is 16.9. The average molecular weight is 361 g/mol. The maximum Gasteiger partial charge on any atom is 0.242 e. The van der Waals surface area contributed by atoms with Crippen molar-refractivity contribution in [1.29, 1.82) is 0 Å². The molecule has 1 aliphatic rings. The van der Waals surface area contributed by atoms with E-state index in [0.29, 0.717) is 6.54 Å². The van der Waals surface area contributed by atoms with Gasteiger partial charge in [-0.05, 0) is 25.6 Å². The van der Waals surface area contributed by atoms with Crippen molar-refractivity contribution in [2.24, 2.45) is 5.41 Å². The zero-order valence-corrected chi connectivity index (χ0v) is 16.5. The van der Waals surface area contributed by atoms with Crippen LogP contribution in [0.15, 0.2) is 18.3 Å². The summed E-state index contributed by atoms with van der Waals surface area (Å²) < 4.78 is 0. The van der Waals surface area contributed by atoms with Crippen molar-refractivity contribution < 1.29 is 9.59 Å². The number of piperazine rings is 1. The van der Waals surface area contributed by atoms with Gasteiger partial charge in [0.1, 0.15) is 11.9 Å². The van der Waals surface area contributed by atoms with E-state index in [0.717, 1.165) is 37.6 Å². The molecule has 0 bridgehead atoms. The van der Waals surface area contributed by atoms with E-state index in [-0.39, 0.29) is 11.8 Å². The fourth-order valence-corrected chi connectivity index (χ4v) is 2.56. The van der Waals surface area contributed by atoms with Gasteiger partial charge in [-0.1, -0.05) is 26.8 Å². The van der Waals surface area contributed by atoms with E-state index < -0.39 is 11.5 Å². The lowest BCUT2D eigenvalue weighted by Gasteiger charge is -2.33. The number of hydrogen-bond acceptors (Lipinski definition) is 5. The molecule has 1 fully saturated rings. The van der Waals surface area contributed by atoms with Crippen LogP contribution in [0.5, 0.6) is 0 Å². The maximum absolute atomic E-state index is 12.2. The summed E-state index contributed by atoms with van der Waals surface area (Å²) in [5.74, 6) is 0.628. The molecule has 144 valence electrons. The molecular weight excluding hydrogens is 330 g/mol. The minimum atomic E-state index is -0.570. The molecule has 1 unspecified atom stereocenters. The highest BCUT2D eigenvalue weighted by Gasteiger charge is 2.25. The van der Waals surface area contributed by atoms with Crippen LogP contribution in [0.4, 0.5) is 5.82 Å². The van der Waals surface area contributed by atoms with Gasteiger partial charge >= 0.3 is 0 Å². The van der Waals surface area contributed by atoms with Gasteiger partial charge in [-0.3, -0.25) is 9.59 Å². The van der Waals surface area contributed by atoms with Crippen LogP contribution < -0.4 is 15.5 Å². The van der Waals surface area contributed by atoms with Crippen molar-refractivity contribution >= 4 is 17.6 Å². The van der Waals surface area contributed by atoms with Crippen molar-refractivity contribution in [2.45, 2.75) is 40.3 Å². The minimum Gasteiger partial charge on any atom is -0.354 e. The predicted molar refractivity (Wildman–Crippen MR) is 103 cm³/mol. The smallest absolute Gasteiger partial charge is 0.242 e. The fraction of sp³-hybridized carbons (Fsp3) is 0.632. The van der Waals surface area contributed by atoms with Gasteiger partial charge in [0.25, 0.3) is 0 Å². The van der Waals surface area contributed by atoms with Crippen LogP contribution in [0.25, 0.3) is 0 Å².